The maximum absolute atomic E-state index is 5.53. The summed E-state index contributed by atoms with van der Waals surface area (Å²) < 4.78 is 6.49. The van der Waals surface area contributed by atoms with Gasteiger partial charge in [-0.05, 0) is 39.2 Å². The van der Waals surface area contributed by atoms with Crippen molar-refractivity contribution in [2.24, 2.45) is 5.10 Å². The highest BCUT2D eigenvalue weighted by Gasteiger charge is 2.15. The van der Waals surface area contributed by atoms with Crippen LogP contribution in [0.2, 0.25) is 0 Å². The summed E-state index contributed by atoms with van der Waals surface area (Å²) in [6, 6.07) is 4.06. The number of fused-ring (bicyclic) bond motifs is 1. The molecule has 1 aliphatic rings. The van der Waals surface area contributed by atoms with E-state index in [1.807, 2.05) is 6.07 Å². The van der Waals surface area contributed by atoms with Crippen molar-refractivity contribution in [3.63, 3.8) is 0 Å². The molecule has 7 heteroatoms. The lowest BCUT2D eigenvalue weighted by Crippen LogP contribution is -1.92. The number of anilines is 2. The van der Waals surface area contributed by atoms with E-state index in [0.29, 0.717) is 10.9 Å². The van der Waals surface area contributed by atoms with Crippen LogP contribution in [0.15, 0.2) is 27.1 Å². The van der Waals surface area contributed by atoms with Crippen molar-refractivity contribution in [3.05, 3.63) is 33.1 Å². The number of halogens is 1. The summed E-state index contributed by atoms with van der Waals surface area (Å²) in [7, 11) is 0. The second kappa shape index (κ2) is 5.18. The van der Waals surface area contributed by atoms with Crippen molar-refractivity contribution in [1.29, 1.82) is 0 Å². The van der Waals surface area contributed by atoms with Crippen LogP contribution in [-0.4, -0.2) is 17.8 Å². The molecule has 5 nitrogen and oxygen atoms in total. The zero-order valence-electron chi connectivity index (χ0n) is 9.89. The van der Waals surface area contributed by atoms with Gasteiger partial charge in [0.15, 0.2) is 0 Å². The molecule has 0 fully saturated rings. The summed E-state index contributed by atoms with van der Waals surface area (Å²) in [4.78, 5) is 4.06. The molecule has 0 aliphatic carbocycles. The fourth-order valence-corrected chi connectivity index (χ4v) is 3.04. The fourth-order valence-electron chi connectivity index (χ4n) is 1.86. The Morgan fingerprint density at radius 2 is 2.42 bits per heavy atom. The van der Waals surface area contributed by atoms with Crippen LogP contribution in [0.3, 0.4) is 0 Å². The van der Waals surface area contributed by atoms with Gasteiger partial charge in [-0.25, -0.2) is 4.98 Å². The molecule has 3 N–H and O–H groups in total. The Labute approximate surface area is 122 Å². The van der Waals surface area contributed by atoms with E-state index in [0.717, 1.165) is 28.8 Å². The summed E-state index contributed by atoms with van der Waals surface area (Å²) >= 11 is 4.92. The predicted molar refractivity (Wildman–Crippen MR) is 81.1 cm³/mol. The standard InChI is InChI=1S/C12H11BrN4OS/c13-9-4-7(3-8-1-2-18-11(8)9)5-15-17-12-16-10(14)6-19-12/h3-6H,1-2,14H2,(H,16,17). The molecule has 0 unspecified atom stereocenters. The average molecular weight is 339 g/mol. The van der Waals surface area contributed by atoms with E-state index >= 15 is 0 Å². The summed E-state index contributed by atoms with van der Waals surface area (Å²) in [5.41, 5.74) is 10.6. The molecule has 0 radical (unpaired) electrons. The minimum atomic E-state index is 0.500. The number of nitrogens with one attached hydrogen (secondary N) is 1. The third-order valence-corrected chi connectivity index (χ3v) is 4.01. The number of hydrogen-bond acceptors (Lipinski definition) is 6. The van der Waals surface area contributed by atoms with Crippen LogP contribution >= 0.6 is 27.3 Å². The lowest BCUT2D eigenvalue weighted by atomic mass is 10.1. The quantitative estimate of drug-likeness (QED) is 0.666. The first-order valence-corrected chi connectivity index (χ1v) is 7.35. The Balaban J connectivity index is 1.75. The zero-order valence-corrected chi connectivity index (χ0v) is 12.3. The summed E-state index contributed by atoms with van der Waals surface area (Å²) in [5, 5.41) is 6.59. The minimum Gasteiger partial charge on any atom is -0.492 e. The average Bonchev–Trinajstić information content (AvgIpc) is 2.98. The van der Waals surface area contributed by atoms with Crippen LogP contribution in [0, 0.1) is 0 Å². The number of ether oxygens (including phenoxy) is 1. The molecule has 0 atom stereocenters. The maximum atomic E-state index is 5.53. The Morgan fingerprint density at radius 3 is 3.21 bits per heavy atom. The largest absolute Gasteiger partial charge is 0.492 e. The number of hydrazone groups is 1. The van der Waals surface area contributed by atoms with Crippen LogP contribution in [0.4, 0.5) is 10.9 Å². The Kier molecular flexibility index (Phi) is 3.39. The van der Waals surface area contributed by atoms with E-state index in [-0.39, 0.29) is 0 Å². The molecule has 0 amide bonds. The topological polar surface area (TPSA) is 72.5 Å². The number of hydrogen-bond donors (Lipinski definition) is 2. The third-order valence-electron chi connectivity index (χ3n) is 2.66. The lowest BCUT2D eigenvalue weighted by Gasteiger charge is -2.03. The molecule has 1 aromatic carbocycles. The van der Waals surface area contributed by atoms with Gasteiger partial charge in [-0.15, -0.1) is 11.3 Å². The molecule has 98 valence electrons. The predicted octanol–water partition coefficient (Wildman–Crippen LogP) is 2.87. The van der Waals surface area contributed by atoms with Gasteiger partial charge in [0.25, 0.3) is 0 Å². The second-order valence-corrected chi connectivity index (χ2v) is 5.75. The number of nitrogens with two attached hydrogens (primary N) is 1. The van der Waals surface area contributed by atoms with E-state index in [2.05, 4.69) is 37.5 Å². The van der Waals surface area contributed by atoms with Crippen LogP contribution in [0.25, 0.3) is 0 Å². The van der Waals surface area contributed by atoms with Gasteiger partial charge >= 0.3 is 0 Å². The smallest absolute Gasteiger partial charge is 0.205 e. The molecule has 3 rings (SSSR count). The van der Waals surface area contributed by atoms with Crippen molar-refractivity contribution < 1.29 is 4.74 Å². The highest BCUT2D eigenvalue weighted by molar-refractivity contribution is 9.10. The molecular formula is C12H11BrN4OS. The van der Waals surface area contributed by atoms with Crippen LogP contribution in [0.5, 0.6) is 5.75 Å². The van der Waals surface area contributed by atoms with Crippen molar-refractivity contribution in [2.75, 3.05) is 17.8 Å². The molecule has 0 saturated heterocycles. The van der Waals surface area contributed by atoms with Gasteiger partial charge in [-0.2, -0.15) is 5.10 Å². The van der Waals surface area contributed by atoms with Crippen LogP contribution < -0.4 is 15.9 Å². The molecule has 1 aromatic heterocycles. The highest BCUT2D eigenvalue weighted by Crippen LogP contribution is 2.34. The van der Waals surface area contributed by atoms with E-state index in [9.17, 15) is 0 Å². The first-order valence-electron chi connectivity index (χ1n) is 5.67. The number of nitrogens with zero attached hydrogens (tertiary/aromatic N) is 2. The van der Waals surface area contributed by atoms with E-state index in [1.54, 1.807) is 11.6 Å². The molecule has 0 saturated carbocycles. The summed E-state index contributed by atoms with van der Waals surface area (Å²) in [6.07, 6.45) is 2.69. The summed E-state index contributed by atoms with van der Waals surface area (Å²) in [6.45, 7) is 0.741. The Morgan fingerprint density at radius 1 is 1.53 bits per heavy atom. The first-order chi connectivity index (χ1) is 9.22. The van der Waals surface area contributed by atoms with Gasteiger partial charge in [-0.1, -0.05) is 0 Å². The third kappa shape index (κ3) is 2.71. The summed E-state index contributed by atoms with van der Waals surface area (Å²) in [5.74, 6) is 1.44. The molecular weight excluding hydrogens is 328 g/mol. The number of nitrogen functional groups attached to an aromatic ring is 1. The van der Waals surface area contributed by atoms with Crippen molar-refractivity contribution >= 4 is 44.4 Å². The first kappa shape index (κ1) is 12.4. The molecule has 0 bridgehead atoms. The minimum absolute atomic E-state index is 0.500. The van der Waals surface area contributed by atoms with Crippen LogP contribution in [0.1, 0.15) is 11.1 Å². The number of aromatic nitrogens is 1. The molecule has 1 aliphatic heterocycles. The maximum Gasteiger partial charge on any atom is 0.205 e. The van der Waals surface area contributed by atoms with Crippen LogP contribution in [-0.2, 0) is 6.42 Å². The van der Waals surface area contributed by atoms with Gasteiger partial charge in [0, 0.05) is 11.8 Å². The molecule has 0 spiro atoms. The number of thiazole rings is 1. The van der Waals surface area contributed by atoms with E-state index < -0.39 is 0 Å². The van der Waals surface area contributed by atoms with Gasteiger partial charge in [-0.3, -0.25) is 5.43 Å². The Hall–Kier alpha value is -1.60. The lowest BCUT2D eigenvalue weighted by molar-refractivity contribution is 0.355. The van der Waals surface area contributed by atoms with Crippen molar-refractivity contribution in [3.8, 4) is 5.75 Å². The van der Waals surface area contributed by atoms with E-state index in [4.69, 9.17) is 10.5 Å². The Bertz CT molecular complexity index is 641. The molecule has 2 heterocycles. The van der Waals surface area contributed by atoms with E-state index in [1.165, 1.54) is 16.9 Å². The SMILES string of the molecule is Nc1csc(NN=Cc2cc(Br)c3c(c2)CCO3)n1. The van der Waals surface area contributed by atoms with Crippen molar-refractivity contribution in [2.45, 2.75) is 6.42 Å². The van der Waals surface area contributed by atoms with Gasteiger partial charge < -0.3 is 10.5 Å². The van der Waals surface area contributed by atoms with Gasteiger partial charge in [0.2, 0.25) is 5.13 Å². The molecule has 2 aromatic rings. The van der Waals surface area contributed by atoms with Gasteiger partial charge in [0.1, 0.15) is 11.6 Å². The second-order valence-electron chi connectivity index (χ2n) is 4.04. The number of benzene rings is 1. The normalized spacial score (nSPS) is 13.5. The monoisotopic (exact) mass is 338 g/mol. The highest BCUT2D eigenvalue weighted by atomic mass is 79.9. The van der Waals surface area contributed by atoms with Gasteiger partial charge in [0.05, 0.1) is 17.3 Å². The molecule has 19 heavy (non-hydrogen) atoms. The zero-order chi connectivity index (χ0) is 13.2. The van der Waals surface area contributed by atoms with Crippen molar-refractivity contribution in [1.82, 2.24) is 4.98 Å². The fraction of sp³-hybridized carbons (Fsp3) is 0.167. The number of rotatable bonds is 3.